The van der Waals surface area contributed by atoms with E-state index in [1.165, 1.54) is 81.1 Å². The van der Waals surface area contributed by atoms with Crippen LogP contribution in [-0.2, 0) is 14.6 Å². The third-order valence-electron chi connectivity index (χ3n) is 8.14. The molecule has 0 aromatic heterocycles. The number of thioether (sulfide) groups is 8. The predicted octanol–water partition coefficient (Wildman–Crippen LogP) is 12.2. The van der Waals surface area contributed by atoms with Gasteiger partial charge >= 0.3 is 0 Å². The Hall–Kier alpha value is 1.86. The summed E-state index contributed by atoms with van der Waals surface area (Å²) in [7, 11) is 0. The molecule has 0 spiro atoms. The minimum Gasteiger partial charge on any atom is -0.179 e. The van der Waals surface area contributed by atoms with Crippen molar-refractivity contribution < 1.29 is 0 Å². The fourth-order valence-electron chi connectivity index (χ4n) is 6.08. The van der Waals surface area contributed by atoms with E-state index in [-0.39, 0.29) is 4.08 Å². The molecule has 0 N–H and O–H groups in total. The summed E-state index contributed by atoms with van der Waals surface area (Å²) in [5.74, 6) is 18.2. The number of benzene rings is 3. The molecule has 50 heavy (non-hydrogen) atoms. The number of hydrogen-bond donors (Lipinski definition) is 4. The Morgan fingerprint density at radius 1 is 0.420 bits per heavy atom. The number of rotatable bonds is 24. The molecule has 0 atom stereocenters. The second kappa shape index (κ2) is 25.9. The van der Waals surface area contributed by atoms with Crippen molar-refractivity contribution >= 4 is 145 Å². The van der Waals surface area contributed by atoms with Crippen molar-refractivity contribution in [3.05, 3.63) is 95.1 Å². The maximum atomic E-state index is 4.34. The first-order valence-corrected chi connectivity index (χ1v) is 28.3. The van der Waals surface area contributed by atoms with Gasteiger partial charge < -0.3 is 0 Å². The molecule has 0 aliphatic heterocycles. The summed E-state index contributed by atoms with van der Waals surface area (Å²) in [6.45, 7) is 0. The number of fused-ring (bicyclic) bond motifs is 4. The molecule has 276 valence electrons. The first-order valence-electron chi connectivity index (χ1n) is 17.2. The third-order valence-corrected chi connectivity index (χ3v) is 21.7. The Balaban J connectivity index is 0.000000228. The highest BCUT2D eigenvalue weighted by atomic mass is 32.2. The van der Waals surface area contributed by atoms with Crippen LogP contribution in [0.1, 0.15) is 28.7 Å². The number of thiol groups is 4. The second-order valence-electron chi connectivity index (χ2n) is 11.4. The van der Waals surface area contributed by atoms with Gasteiger partial charge in [-0.05, 0) is 69.2 Å². The van der Waals surface area contributed by atoms with Gasteiger partial charge in [0.1, 0.15) is 4.08 Å². The Kier molecular flexibility index (Phi) is 23.1. The largest absolute Gasteiger partial charge is 0.179 e. The third kappa shape index (κ3) is 13.2. The highest BCUT2D eigenvalue weighted by molar-refractivity contribution is 8.19. The molecule has 0 bridgehead atoms. The molecule has 3 aromatic rings. The van der Waals surface area contributed by atoms with E-state index < -0.39 is 0 Å². The minimum absolute atomic E-state index is 0.0240. The molecule has 0 nitrogen and oxygen atoms in total. The Morgan fingerprint density at radius 2 is 0.800 bits per heavy atom. The van der Waals surface area contributed by atoms with Crippen molar-refractivity contribution in [1.82, 2.24) is 0 Å². The predicted molar refractivity (Wildman–Crippen MR) is 264 cm³/mol. The van der Waals surface area contributed by atoms with E-state index in [0.717, 1.165) is 46.0 Å². The molecule has 0 amide bonds. The van der Waals surface area contributed by atoms with Crippen molar-refractivity contribution in [3.63, 3.8) is 0 Å². The van der Waals surface area contributed by atoms with Gasteiger partial charge in [-0.25, -0.2) is 0 Å². The topological polar surface area (TPSA) is 0 Å². The Bertz CT molecular complexity index is 1290. The van der Waals surface area contributed by atoms with Crippen LogP contribution in [0.2, 0.25) is 0 Å². The molecule has 0 fully saturated rings. The molecule has 12 heteroatoms. The summed E-state index contributed by atoms with van der Waals surface area (Å²) in [5, 5.41) is 0. The number of aryl methyl sites for hydroxylation is 1. The monoisotopic (exact) mass is 892 g/mol. The molecular formula is C38H52S12. The second-order valence-corrected chi connectivity index (χ2v) is 24.0. The fraction of sp³-hybridized carbons (Fsp3) is 0.526. The SMILES string of the molecule is SCCSCCSC1(SCCSCCS)CCc2ccccc21.SCCSCCSC1(SCCSCCS)c2ccccc2-c2ccccc21. The van der Waals surface area contributed by atoms with Gasteiger partial charge in [-0.2, -0.15) is 97.6 Å². The normalized spacial score (nSPS) is 14.9. The molecule has 3 aromatic carbocycles. The zero-order chi connectivity index (χ0) is 35.3. The number of hydrogen-bond acceptors (Lipinski definition) is 12. The molecule has 2 aliphatic carbocycles. The van der Waals surface area contributed by atoms with E-state index in [9.17, 15) is 0 Å². The first-order chi connectivity index (χ1) is 24.7. The van der Waals surface area contributed by atoms with Gasteiger partial charge in [0.15, 0.2) is 0 Å². The van der Waals surface area contributed by atoms with Gasteiger partial charge in [0.2, 0.25) is 0 Å². The molecule has 0 radical (unpaired) electrons. The van der Waals surface area contributed by atoms with Gasteiger partial charge in [-0.1, -0.05) is 72.8 Å². The van der Waals surface area contributed by atoms with Gasteiger partial charge in [0, 0.05) is 69.0 Å². The van der Waals surface area contributed by atoms with Crippen molar-refractivity contribution in [2.75, 3.05) is 92.0 Å². The Labute approximate surface area is 359 Å². The lowest BCUT2D eigenvalue weighted by Crippen LogP contribution is -2.19. The molecule has 0 heterocycles. The molecule has 0 unspecified atom stereocenters. The van der Waals surface area contributed by atoms with Gasteiger partial charge in [-0.15, -0.1) is 47.0 Å². The van der Waals surface area contributed by atoms with E-state index >= 15 is 0 Å². The summed E-state index contributed by atoms with van der Waals surface area (Å²) < 4.78 is 0.315. The van der Waals surface area contributed by atoms with E-state index in [1.54, 1.807) is 11.1 Å². The lowest BCUT2D eigenvalue weighted by Gasteiger charge is -2.31. The standard InChI is InChI=1S/C21H26S6.C17H26S6/c22-9-11-24-13-15-26-21(27-16-14-25-12-10-23)19-7-3-1-5-17(19)18-6-2-4-8-20(18)21;18-7-9-20-11-13-22-17(23-14-12-21-10-8-19)6-5-15-3-1-2-4-16(15)17/h1-8,22-23H,9-16H2;1-4,18-19H,5-14H2. The fourth-order valence-corrected chi connectivity index (χ4v) is 17.6. The van der Waals surface area contributed by atoms with Crippen LogP contribution in [0.25, 0.3) is 11.1 Å². The van der Waals surface area contributed by atoms with Crippen LogP contribution < -0.4 is 0 Å². The van der Waals surface area contributed by atoms with Gasteiger partial charge in [-0.3, -0.25) is 0 Å². The van der Waals surface area contributed by atoms with Crippen LogP contribution in [0.4, 0.5) is 0 Å². The average molecular weight is 894 g/mol. The highest BCUT2D eigenvalue weighted by Crippen LogP contribution is 2.61. The van der Waals surface area contributed by atoms with Crippen LogP contribution in [0.15, 0.2) is 72.8 Å². The molecule has 0 saturated heterocycles. The lowest BCUT2D eigenvalue weighted by atomic mass is 10.1. The smallest absolute Gasteiger partial charge is 0.112 e. The van der Waals surface area contributed by atoms with Crippen molar-refractivity contribution in [2.45, 2.75) is 21.0 Å². The van der Waals surface area contributed by atoms with E-state index in [4.69, 9.17) is 0 Å². The van der Waals surface area contributed by atoms with E-state index in [1.807, 2.05) is 47.0 Å². The summed E-state index contributed by atoms with van der Waals surface area (Å²) in [6, 6.07) is 27.1. The molecular weight excluding hydrogens is 841 g/mol. The minimum atomic E-state index is 0.0240. The average Bonchev–Trinajstić information content (AvgIpc) is 3.65. The quantitative estimate of drug-likeness (QED) is 0.0394. The van der Waals surface area contributed by atoms with Crippen molar-refractivity contribution in [3.8, 4) is 11.1 Å². The first kappa shape index (κ1) is 44.6. The molecule has 5 rings (SSSR count). The van der Waals surface area contributed by atoms with Crippen LogP contribution in [0, 0.1) is 0 Å². The lowest BCUT2D eigenvalue weighted by molar-refractivity contribution is 0.837. The van der Waals surface area contributed by atoms with Crippen molar-refractivity contribution in [2.24, 2.45) is 0 Å². The maximum Gasteiger partial charge on any atom is 0.112 e. The zero-order valence-electron chi connectivity index (χ0n) is 28.7. The molecule has 0 saturated carbocycles. The summed E-state index contributed by atoms with van der Waals surface area (Å²) in [4.78, 5) is 0. The van der Waals surface area contributed by atoms with Crippen LogP contribution in [0.3, 0.4) is 0 Å². The summed E-state index contributed by atoms with van der Waals surface area (Å²) in [6.07, 6.45) is 2.53. The maximum absolute atomic E-state index is 4.34. The summed E-state index contributed by atoms with van der Waals surface area (Å²) in [5.41, 5.74) is 8.96. The van der Waals surface area contributed by atoms with E-state index in [2.05, 4.69) is 170 Å². The van der Waals surface area contributed by atoms with Crippen LogP contribution >= 0.6 is 145 Å². The highest BCUT2D eigenvalue weighted by Gasteiger charge is 2.44. The van der Waals surface area contributed by atoms with Gasteiger partial charge in [0.05, 0.1) is 4.08 Å². The zero-order valence-corrected chi connectivity index (χ0v) is 38.8. The molecule has 2 aliphatic rings. The van der Waals surface area contributed by atoms with Gasteiger partial charge in [0.25, 0.3) is 0 Å². The van der Waals surface area contributed by atoms with Crippen LogP contribution in [0.5, 0.6) is 0 Å². The van der Waals surface area contributed by atoms with E-state index in [0.29, 0.717) is 4.08 Å². The summed E-state index contributed by atoms with van der Waals surface area (Å²) >= 11 is 34.0. The Morgan fingerprint density at radius 3 is 1.24 bits per heavy atom. The van der Waals surface area contributed by atoms with Crippen molar-refractivity contribution in [1.29, 1.82) is 0 Å². The van der Waals surface area contributed by atoms with Crippen LogP contribution in [-0.4, -0.2) is 92.0 Å².